The Balaban J connectivity index is 0.00000324. The molecule has 0 unspecified atom stereocenters. The first-order valence-corrected chi connectivity index (χ1v) is 15.4. The van der Waals surface area contributed by atoms with Crippen LogP contribution in [0.15, 0.2) is 116 Å². The number of para-hydroxylation sites is 2. The predicted octanol–water partition coefficient (Wildman–Crippen LogP) is 10.1. The predicted molar refractivity (Wildman–Crippen MR) is 186 cm³/mol. The van der Waals surface area contributed by atoms with E-state index in [0.717, 1.165) is 60.6 Å². The van der Waals surface area contributed by atoms with Crippen LogP contribution in [0.3, 0.4) is 0 Å². The minimum atomic E-state index is 0. The van der Waals surface area contributed by atoms with Gasteiger partial charge in [-0.25, -0.2) is 4.98 Å². The number of hydrogen-bond donors (Lipinski definition) is 0. The Morgan fingerprint density at radius 3 is 2.15 bits per heavy atom. The van der Waals surface area contributed by atoms with Crippen molar-refractivity contribution < 1.29 is 25.8 Å². The van der Waals surface area contributed by atoms with Gasteiger partial charge in [0.2, 0.25) is 0 Å². The van der Waals surface area contributed by atoms with Crippen molar-refractivity contribution in [2.45, 2.75) is 20.8 Å². The van der Waals surface area contributed by atoms with Crippen LogP contribution in [0.2, 0.25) is 0 Å². The zero-order valence-electron chi connectivity index (χ0n) is 26.0. The summed E-state index contributed by atoms with van der Waals surface area (Å²) in [6, 6.07) is 42.5. The second-order valence-corrected chi connectivity index (χ2v) is 12.0. The molecule has 0 aliphatic heterocycles. The molecule has 0 amide bonds. The summed E-state index contributed by atoms with van der Waals surface area (Å²) in [5.74, 6) is 1.20. The van der Waals surface area contributed by atoms with Crippen LogP contribution >= 0.6 is 0 Å². The van der Waals surface area contributed by atoms with Gasteiger partial charge in [0.05, 0.1) is 16.9 Å². The number of rotatable bonds is 4. The first-order valence-electron chi connectivity index (χ1n) is 15.4. The molecule has 0 radical (unpaired) electrons. The van der Waals surface area contributed by atoms with Crippen LogP contribution in [-0.4, -0.2) is 18.9 Å². The van der Waals surface area contributed by atoms with Crippen molar-refractivity contribution in [2.75, 3.05) is 0 Å². The minimum Gasteiger partial charge on any atom is -0.503 e. The Labute approximate surface area is 286 Å². The molecule has 9 aromatic rings. The van der Waals surface area contributed by atoms with Crippen LogP contribution in [0.1, 0.15) is 16.7 Å². The summed E-state index contributed by atoms with van der Waals surface area (Å²) in [7, 11) is 0. The molecule has 0 spiro atoms. The largest absolute Gasteiger partial charge is 2.00 e. The molecule has 6 heteroatoms. The number of aromatic nitrogens is 4. The average molecular weight is 788 g/mol. The molecule has 0 atom stereocenters. The van der Waals surface area contributed by atoms with Crippen LogP contribution in [0, 0.1) is 32.9 Å². The van der Waals surface area contributed by atoms with Crippen molar-refractivity contribution >= 4 is 49.3 Å². The molecule has 4 heterocycles. The maximum Gasteiger partial charge on any atom is 2.00 e. The molecule has 5 aromatic carbocycles. The summed E-state index contributed by atoms with van der Waals surface area (Å²) in [5, 5.41) is 5.39. The Bertz CT molecular complexity index is 2590. The first kappa shape index (κ1) is 29.2. The monoisotopic (exact) mass is 787 g/mol. The summed E-state index contributed by atoms with van der Waals surface area (Å²) in [6.07, 6.45) is 3.98. The molecular weight excluding hydrogens is 760 g/mol. The van der Waals surface area contributed by atoms with E-state index in [2.05, 4.69) is 121 Å². The van der Waals surface area contributed by atoms with E-state index in [1.807, 2.05) is 36.5 Å². The molecule has 228 valence electrons. The normalized spacial score (nSPS) is 11.6. The van der Waals surface area contributed by atoms with Crippen LogP contribution < -0.4 is 4.74 Å². The molecule has 0 saturated heterocycles. The molecule has 0 N–H and O–H groups in total. The molecule has 4 aromatic heterocycles. The van der Waals surface area contributed by atoms with E-state index in [0.29, 0.717) is 11.5 Å². The Morgan fingerprint density at radius 1 is 0.638 bits per heavy atom. The number of hydrogen-bond acceptors (Lipinski definition) is 3. The van der Waals surface area contributed by atoms with E-state index in [1.165, 1.54) is 22.3 Å². The maximum atomic E-state index is 6.47. The topological polar surface area (TPSA) is 44.4 Å². The standard InChI is InChI=1S/C41H28N4O.Pt/c1-25-20-26(2)39(27(3)21-25)36-24-44-37-15-6-4-12-32(37)31-18-17-30(23-35(31)41(44)43-36)46-29-11-8-10-28(22-29)45-38-16-7-5-13-33(38)34-14-9-19-42-40(34)45;/h4-21,24H,1-3H3;/q-2;+2. The number of fused-ring (bicyclic) bond motifs is 9. The zero-order valence-corrected chi connectivity index (χ0v) is 28.3. The third-order valence-electron chi connectivity index (χ3n) is 8.88. The van der Waals surface area contributed by atoms with Gasteiger partial charge in [0.1, 0.15) is 5.65 Å². The summed E-state index contributed by atoms with van der Waals surface area (Å²) in [4.78, 5) is 9.95. The molecular formula is C41H28N4OPt. The van der Waals surface area contributed by atoms with Gasteiger partial charge in [-0.05, 0) is 61.5 Å². The van der Waals surface area contributed by atoms with Gasteiger partial charge in [0, 0.05) is 45.7 Å². The molecule has 0 fully saturated rings. The van der Waals surface area contributed by atoms with Crippen molar-refractivity contribution in [3.8, 4) is 28.4 Å². The van der Waals surface area contributed by atoms with Gasteiger partial charge in [-0.3, -0.25) is 4.98 Å². The van der Waals surface area contributed by atoms with Gasteiger partial charge in [-0.2, -0.15) is 6.07 Å². The van der Waals surface area contributed by atoms with E-state index in [1.54, 1.807) is 0 Å². The van der Waals surface area contributed by atoms with E-state index in [4.69, 9.17) is 14.7 Å². The van der Waals surface area contributed by atoms with Gasteiger partial charge in [-0.15, -0.1) is 30.3 Å². The molecule has 0 aliphatic carbocycles. The summed E-state index contributed by atoms with van der Waals surface area (Å²) in [6.45, 7) is 6.46. The van der Waals surface area contributed by atoms with E-state index in [-0.39, 0.29) is 21.1 Å². The van der Waals surface area contributed by atoms with Crippen LogP contribution in [0.5, 0.6) is 11.5 Å². The fourth-order valence-electron chi connectivity index (χ4n) is 7.08. The van der Waals surface area contributed by atoms with Crippen LogP contribution in [0.25, 0.3) is 66.2 Å². The third-order valence-corrected chi connectivity index (χ3v) is 8.88. The fraction of sp³-hybridized carbons (Fsp3) is 0.0732. The van der Waals surface area contributed by atoms with Crippen molar-refractivity contribution in [1.82, 2.24) is 18.9 Å². The van der Waals surface area contributed by atoms with Crippen LogP contribution in [-0.2, 0) is 21.1 Å². The smallest absolute Gasteiger partial charge is 0.503 e. The molecule has 0 bridgehead atoms. The minimum absolute atomic E-state index is 0. The van der Waals surface area contributed by atoms with E-state index >= 15 is 0 Å². The summed E-state index contributed by atoms with van der Waals surface area (Å²) >= 11 is 0. The van der Waals surface area contributed by atoms with Gasteiger partial charge in [-0.1, -0.05) is 76.6 Å². The number of nitrogens with zero attached hydrogens (tertiary/aromatic N) is 4. The number of benzene rings is 5. The van der Waals surface area contributed by atoms with Gasteiger partial charge < -0.3 is 13.7 Å². The maximum absolute atomic E-state index is 6.47. The van der Waals surface area contributed by atoms with Crippen LogP contribution in [0.4, 0.5) is 0 Å². The average Bonchev–Trinajstić information content (AvgIpc) is 3.65. The second kappa shape index (κ2) is 11.2. The number of aryl methyl sites for hydroxylation is 3. The Kier molecular flexibility index (Phi) is 6.96. The Hall–Kier alpha value is -5.25. The molecule has 5 nitrogen and oxygen atoms in total. The third kappa shape index (κ3) is 4.65. The SMILES string of the molecule is Cc1cc(C)c(-c2cn3c4ccccc4c4ccc(Oc5[c-]c(-n6c7ccccc7c7cccnc76)ccc5)[c-]c4c3n2)c(C)c1.[Pt+2]. The van der Waals surface area contributed by atoms with Crippen molar-refractivity contribution in [1.29, 1.82) is 0 Å². The number of pyridine rings is 2. The first-order chi connectivity index (χ1) is 22.5. The van der Waals surface area contributed by atoms with Gasteiger partial charge in [0.15, 0.2) is 0 Å². The molecule has 9 rings (SSSR count). The van der Waals surface area contributed by atoms with Gasteiger partial charge >= 0.3 is 21.1 Å². The van der Waals surface area contributed by atoms with Crippen molar-refractivity contribution in [3.05, 3.63) is 144 Å². The fourth-order valence-corrected chi connectivity index (χ4v) is 7.08. The van der Waals surface area contributed by atoms with E-state index < -0.39 is 0 Å². The quantitative estimate of drug-likeness (QED) is 0.132. The Morgan fingerprint density at radius 2 is 1.34 bits per heavy atom. The van der Waals surface area contributed by atoms with Gasteiger partial charge in [0.25, 0.3) is 0 Å². The molecule has 0 saturated carbocycles. The van der Waals surface area contributed by atoms with Crippen molar-refractivity contribution in [3.63, 3.8) is 0 Å². The molecule has 0 aliphatic rings. The van der Waals surface area contributed by atoms with E-state index in [9.17, 15) is 0 Å². The summed E-state index contributed by atoms with van der Waals surface area (Å²) < 4.78 is 10.8. The second-order valence-electron chi connectivity index (χ2n) is 12.0. The number of ether oxygens (including phenoxy) is 1. The van der Waals surface area contributed by atoms with Crippen molar-refractivity contribution in [2.24, 2.45) is 0 Å². The number of imidazole rings is 1. The molecule has 47 heavy (non-hydrogen) atoms. The zero-order chi connectivity index (χ0) is 30.9. The summed E-state index contributed by atoms with van der Waals surface area (Å²) in [5.41, 5.74) is 10.6.